The summed E-state index contributed by atoms with van der Waals surface area (Å²) in [5.41, 5.74) is 2.82. The molecule has 0 aliphatic carbocycles. The molecule has 2 aliphatic rings. The van der Waals surface area contributed by atoms with Gasteiger partial charge in [-0.3, -0.25) is 9.59 Å². The number of rotatable bonds is 3. The van der Waals surface area contributed by atoms with E-state index in [1.807, 2.05) is 37.3 Å². The third-order valence-electron chi connectivity index (χ3n) is 5.89. The lowest BCUT2D eigenvalue weighted by molar-refractivity contribution is -0.126. The van der Waals surface area contributed by atoms with E-state index >= 15 is 0 Å². The van der Waals surface area contributed by atoms with Gasteiger partial charge in [-0.2, -0.15) is 5.10 Å². The fourth-order valence-corrected chi connectivity index (χ4v) is 4.73. The first kappa shape index (κ1) is 18.6. The number of nitrogens with one attached hydrogen (secondary N) is 1. The summed E-state index contributed by atoms with van der Waals surface area (Å²) in [4.78, 5) is 28.3. The molecule has 2 aromatic carbocycles. The lowest BCUT2D eigenvalue weighted by atomic mass is 9.72. The zero-order valence-electron chi connectivity index (χ0n) is 16.4. The van der Waals surface area contributed by atoms with Crippen LogP contribution in [0.4, 0.5) is 11.5 Å². The van der Waals surface area contributed by atoms with Crippen molar-refractivity contribution in [3.8, 4) is 5.69 Å². The van der Waals surface area contributed by atoms with Crippen LogP contribution >= 0.6 is 11.6 Å². The Hall–Kier alpha value is -3.38. The number of halogens is 1. The minimum atomic E-state index is -1.16. The molecule has 150 valence electrons. The van der Waals surface area contributed by atoms with Crippen molar-refractivity contribution in [2.75, 3.05) is 16.8 Å². The number of amides is 2. The van der Waals surface area contributed by atoms with E-state index in [1.165, 1.54) is 0 Å². The van der Waals surface area contributed by atoms with Crippen LogP contribution < -0.4 is 10.2 Å². The summed E-state index contributed by atoms with van der Waals surface area (Å²) in [7, 11) is 0. The van der Waals surface area contributed by atoms with Crippen molar-refractivity contribution >= 4 is 34.9 Å². The van der Waals surface area contributed by atoms with Crippen molar-refractivity contribution in [3.63, 3.8) is 0 Å². The third kappa shape index (κ3) is 2.40. The number of carbonyl (C=O) groups excluding carboxylic acids is 2. The second-order valence-electron chi connectivity index (χ2n) is 7.60. The Morgan fingerprint density at radius 3 is 2.77 bits per heavy atom. The van der Waals surface area contributed by atoms with Crippen molar-refractivity contribution < 1.29 is 9.59 Å². The van der Waals surface area contributed by atoms with Crippen LogP contribution in [0.5, 0.6) is 0 Å². The average Bonchev–Trinajstić information content (AvgIpc) is 3.23. The fourth-order valence-electron chi connectivity index (χ4n) is 4.56. The predicted octanol–water partition coefficient (Wildman–Crippen LogP) is 4.00. The number of hydrogen-bond donors (Lipinski definition) is 1. The summed E-state index contributed by atoms with van der Waals surface area (Å²) in [5, 5.41) is 8.01. The molecule has 2 amide bonds. The standard InChI is InChI=1S/C23H19ClN4O2/c1-3-10-27-19-9-8-15(24)11-16(19)23(22(27)30)12-20(29)26-21-17(23)13-25-28(21)18-7-5-4-6-14(18)2/h3-9,11,13H,1,10,12H2,2H3,(H,26,29)/t23-/m1/s1. The molecule has 0 unspecified atom stereocenters. The Morgan fingerprint density at radius 2 is 2.00 bits per heavy atom. The van der Waals surface area contributed by atoms with Crippen LogP contribution in [-0.2, 0) is 15.0 Å². The van der Waals surface area contributed by atoms with Gasteiger partial charge in [0.2, 0.25) is 11.8 Å². The summed E-state index contributed by atoms with van der Waals surface area (Å²) < 4.78 is 1.69. The van der Waals surface area contributed by atoms with Gasteiger partial charge in [0.25, 0.3) is 0 Å². The molecule has 30 heavy (non-hydrogen) atoms. The van der Waals surface area contributed by atoms with Crippen molar-refractivity contribution in [3.05, 3.63) is 83.0 Å². The monoisotopic (exact) mass is 418 g/mol. The zero-order valence-corrected chi connectivity index (χ0v) is 17.1. The quantitative estimate of drug-likeness (QED) is 0.654. The zero-order chi connectivity index (χ0) is 21.0. The highest BCUT2D eigenvalue weighted by Gasteiger charge is 2.57. The molecule has 5 rings (SSSR count). The number of nitrogens with zero attached hydrogens (tertiary/aromatic N) is 3. The number of benzene rings is 2. The van der Waals surface area contributed by atoms with E-state index in [0.29, 0.717) is 22.9 Å². The molecule has 1 atom stereocenters. The van der Waals surface area contributed by atoms with Gasteiger partial charge in [0.1, 0.15) is 11.2 Å². The molecule has 1 spiro atoms. The lowest BCUT2D eigenvalue weighted by Crippen LogP contribution is -2.46. The lowest BCUT2D eigenvalue weighted by Gasteiger charge is -2.32. The fraction of sp³-hybridized carbons (Fsp3) is 0.174. The maximum atomic E-state index is 13.8. The van der Waals surface area contributed by atoms with Crippen LogP contribution in [0.2, 0.25) is 5.02 Å². The molecule has 1 aromatic heterocycles. The van der Waals surface area contributed by atoms with Gasteiger partial charge in [-0.05, 0) is 42.3 Å². The summed E-state index contributed by atoms with van der Waals surface area (Å²) in [6.45, 7) is 6.10. The van der Waals surface area contributed by atoms with E-state index in [1.54, 1.807) is 34.0 Å². The molecule has 6 nitrogen and oxygen atoms in total. The van der Waals surface area contributed by atoms with E-state index in [-0.39, 0.29) is 18.2 Å². The molecule has 0 radical (unpaired) electrons. The van der Waals surface area contributed by atoms with Crippen LogP contribution in [0, 0.1) is 6.92 Å². The predicted molar refractivity (Wildman–Crippen MR) is 116 cm³/mol. The van der Waals surface area contributed by atoms with Crippen molar-refractivity contribution in [1.29, 1.82) is 0 Å². The second kappa shape index (κ2) is 6.57. The van der Waals surface area contributed by atoms with Gasteiger partial charge in [-0.1, -0.05) is 35.9 Å². The van der Waals surface area contributed by atoms with Crippen LogP contribution in [0.3, 0.4) is 0 Å². The van der Waals surface area contributed by atoms with Gasteiger partial charge >= 0.3 is 0 Å². The van der Waals surface area contributed by atoms with Gasteiger partial charge in [0.05, 0.1) is 11.9 Å². The normalized spacial score (nSPS) is 19.6. The molecule has 3 heterocycles. The highest BCUT2D eigenvalue weighted by atomic mass is 35.5. The maximum absolute atomic E-state index is 13.8. The molecule has 7 heteroatoms. The van der Waals surface area contributed by atoms with Gasteiger partial charge in [-0.15, -0.1) is 6.58 Å². The molecule has 0 saturated heterocycles. The van der Waals surface area contributed by atoms with E-state index in [4.69, 9.17) is 11.6 Å². The van der Waals surface area contributed by atoms with Crippen LogP contribution in [0.15, 0.2) is 61.3 Å². The number of anilines is 2. The van der Waals surface area contributed by atoms with Crippen LogP contribution in [0.1, 0.15) is 23.1 Å². The topological polar surface area (TPSA) is 67.2 Å². The molecule has 1 N–H and O–H groups in total. The molecular weight excluding hydrogens is 400 g/mol. The first-order chi connectivity index (χ1) is 14.5. The highest BCUT2D eigenvalue weighted by molar-refractivity contribution is 6.31. The second-order valence-corrected chi connectivity index (χ2v) is 8.04. The summed E-state index contributed by atoms with van der Waals surface area (Å²) in [6, 6.07) is 13.1. The SMILES string of the molecule is C=CCN1C(=O)[C@]2(CC(=O)Nc3c2cnn3-c2ccccc2C)c2cc(Cl)ccc21. The van der Waals surface area contributed by atoms with Crippen molar-refractivity contribution in [2.24, 2.45) is 0 Å². The third-order valence-corrected chi connectivity index (χ3v) is 6.12. The summed E-state index contributed by atoms with van der Waals surface area (Å²) >= 11 is 6.31. The Kier molecular flexibility index (Phi) is 4.08. The van der Waals surface area contributed by atoms with Gasteiger partial charge in [0.15, 0.2) is 0 Å². The van der Waals surface area contributed by atoms with Crippen molar-refractivity contribution in [1.82, 2.24) is 9.78 Å². The number of hydrogen-bond acceptors (Lipinski definition) is 3. The smallest absolute Gasteiger partial charge is 0.243 e. The Bertz CT molecular complexity index is 1230. The number of aryl methyl sites for hydroxylation is 1. The number of aromatic nitrogens is 2. The average molecular weight is 419 g/mol. The first-order valence-corrected chi connectivity index (χ1v) is 10.0. The molecule has 0 bridgehead atoms. The maximum Gasteiger partial charge on any atom is 0.243 e. The van der Waals surface area contributed by atoms with E-state index in [0.717, 1.165) is 22.5 Å². The summed E-state index contributed by atoms with van der Waals surface area (Å²) in [6.07, 6.45) is 3.36. The van der Waals surface area contributed by atoms with Gasteiger partial charge in [-0.25, -0.2) is 4.68 Å². The Balaban J connectivity index is 1.79. The van der Waals surface area contributed by atoms with E-state index in [2.05, 4.69) is 17.0 Å². The highest BCUT2D eigenvalue weighted by Crippen LogP contribution is 2.53. The van der Waals surface area contributed by atoms with Crippen LogP contribution in [0.25, 0.3) is 5.69 Å². The molecule has 3 aromatic rings. The number of fused-ring (bicyclic) bond motifs is 4. The first-order valence-electron chi connectivity index (χ1n) is 9.64. The molecule has 0 saturated carbocycles. The summed E-state index contributed by atoms with van der Waals surface area (Å²) in [5.74, 6) is 0.109. The minimum absolute atomic E-state index is 0.000711. The Morgan fingerprint density at radius 1 is 1.20 bits per heavy atom. The molecule has 0 fully saturated rings. The molecule has 2 aliphatic heterocycles. The van der Waals surface area contributed by atoms with E-state index in [9.17, 15) is 9.59 Å². The van der Waals surface area contributed by atoms with Gasteiger partial charge < -0.3 is 10.2 Å². The number of carbonyl (C=O) groups is 2. The number of para-hydroxylation sites is 1. The Labute approximate surface area is 178 Å². The van der Waals surface area contributed by atoms with Crippen LogP contribution in [-0.4, -0.2) is 28.1 Å². The largest absolute Gasteiger partial charge is 0.310 e. The van der Waals surface area contributed by atoms with Gasteiger partial charge in [0, 0.05) is 29.2 Å². The van der Waals surface area contributed by atoms with E-state index < -0.39 is 5.41 Å². The minimum Gasteiger partial charge on any atom is -0.310 e. The molecular formula is C23H19ClN4O2. The van der Waals surface area contributed by atoms with Crippen molar-refractivity contribution in [2.45, 2.75) is 18.8 Å².